The molecule has 1 atom stereocenters. The Morgan fingerprint density at radius 2 is 2.04 bits per heavy atom. The lowest BCUT2D eigenvalue weighted by Crippen LogP contribution is -2.31. The van der Waals surface area contributed by atoms with E-state index >= 15 is 0 Å². The van der Waals surface area contributed by atoms with E-state index in [2.05, 4.69) is 25.9 Å². The minimum atomic E-state index is -0.404. The van der Waals surface area contributed by atoms with E-state index in [-0.39, 0.29) is 6.10 Å². The van der Waals surface area contributed by atoms with Crippen LogP contribution in [0.15, 0.2) is 24.5 Å². The van der Waals surface area contributed by atoms with E-state index < -0.39 is 6.03 Å². The lowest BCUT2D eigenvalue weighted by molar-refractivity contribution is 0.0326. The standard InChI is InChI=1S/C20H27N5O3/c1-13-7-17(24-20(26)25-19-11-22-15(3)9-23-19)18(8-14(13)2)28-12-16-10-21-5-4-6-27-16/h7-9,11,16,21H,4-6,10,12H2,1-3H3,(H2,23,24,25,26)/t16-/m0/s1. The van der Waals surface area contributed by atoms with Gasteiger partial charge < -0.3 is 20.1 Å². The highest BCUT2D eigenvalue weighted by molar-refractivity contribution is 6.00. The van der Waals surface area contributed by atoms with Crippen LogP contribution in [-0.4, -0.2) is 48.4 Å². The van der Waals surface area contributed by atoms with Gasteiger partial charge in [-0.3, -0.25) is 10.3 Å². The van der Waals surface area contributed by atoms with E-state index in [0.29, 0.717) is 23.9 Å². The van der Waals surface area contributed by atoms with Gasteiger partial charge in [-0.15, -0.1) is 0 Å². The van der Waals surface area contributed by atoms with Gasteiger partial charge in [-0.05, 0) is 57.0 Å². The zero-order valence-electron chi connectivity index (χ0n) is 16.5. The average Bonchev–Trinajstić information content (AvgIpc) is 2.94. The fraction of sp³-hybridized carbons (Fsp3) is 0.450. The summed E-state index contributed by atoms with van der Waals surface area (Å²) in [5.74, 6) is 0.994. The van der Waals surface area contributed by atoms with E-state index in [1.165, 1.54) is 6.20 Å². The molecule has 1 saturated heterocycles. The molecule has 2 aromatic rings. The van der Waals surface area contributed by atoms with Crippen molar-refractivity contribution in [1.29, 1.82) is 0 Å². The number of hydrogen-bond acceptors (Lipinski definition) is 6. The Labute approximate surface area is 165 Å². The molecule has 2 amide bonds. The first-order valence-corrected chi connectivity index (χ1v) is 9.44. The van der Waals surface area contributed by atoms with E-state index in [1.54, 1.807) is 6.20 Å². The van der Waals surface area contributed by atoms with Crippen LogP contribution in [-0.2, 0) is 4.74 Å². The van der Waals surface area contributed by atoms with Crippen LogP contribution < -0.4 is 20.7 Å². The highest BCUT2D eigenvalue weighted by Gasteiger charge is 2.16. The van der Waals surface area contributed by atoms with Crippen LogP contribution in [0.4, 0.5) is 16.3 Å². The van der Waals surface area contributed by atoms with Crippen LogP contribution in [0.5, 0.6) is 5.75 Å². The van der Waals surface area contributed by atoms with Crippen LogP contribution in [0.2, 0.25) is 0 Å². The molecule has 0 saturated carbocycles. The summed E-state index contributed by atoms with van der Waals surface area (Å²) < 4.78 is 11.8. The van der Waals surface area contributed by atoms with Crippen molar-refractivity contribution in [1.82, 2.24) is 15.3 Å². The number of ether oxygens (including phenoxy) is 2. The molecular formula is C20H27N5O3. The molecule has 0 aliphatic carbocycles. The van der Waals surface area contributed by atoms with Crippen molar-refractivity contribution in [2.45, 2.75) is 33.3 Å². The number of aromatic nitrogens is 2. The Balaban J connectivity index is 1.67. The van der Waals surface area contributed by atoms with Gasteiger partial charge in [0.05, 0.1) is 23.8 Å². The smallest absolute Gasteiger partial charge is 0.324 e. The predicted molar refractivity (Wildman–Crippen MR) is 108 cm³/mol. The van der Waals surface area contributed by atoms with Crippen molar-refractivity contribution in [3.63, 3.8) is 0 Å². The monoisotopic (exact) mass is 385 g/mol. The topological polar surface area (TPSA) is 97.4 Å². The maximum absolute atomic E-state index is 12.4. The maximum atomic E-state index is 12.4. The second-order valence-electron chi connectivity index (χ2n) is 6.92. The maximum Gasteiger partial charge on any atom is 0.324 e. The molecule has 8 heteroatoms. The number of nitrogens with one attached hydrogen (secondary N) is 3. The number of nitrogens with zero attached hydrogens (tertiary/aromatic N) is 2. The Morgan fingerprint density at radius 1 is 1.21 bits per heavy atom. The van der Waals surface area contributed by atoms with Gasteiger partial charge in [0.15, 0.2) is 5.82 Å². The number of anilines is 2. The third-order valence-electron chi connectivity index (χ3n) is 4.51. The second-order valence-corrected chi connectivity index (χ2v) is 6.92. The van der Waals surface area contributed by atoms with Crippen molar-refractivity contribution < 1.29 is 14.3 Å². The normalized spacial score (nSPS) is 16.9. The molecule has 1 aromatic heterocycles. The van der Waals surface area contributed by atoms with Gasteiger partial charge in [0.25, 0.3) is 0 Å². The zero-order valence-corrected chi connectivity index (χ0v) is 16.5. The minimum absolute atomic E-state index is 0.0198. The van der Waals surface area contributed by atoms with E-state index in [1.807, 2.05) is 32.9 Å². The molecule has 3 rings (SSSR count). The third kappa shape index (κ3) is 5.64. The highest BCUT2D eigenvalue weighted by Crippen LogP contribution is 2.29. The number of hydrogen-bond donors (Lipinski definition) is 3. The van der Waals surface area contributed by atoms with Gasteiger partial charge in [0.2, 0.25) is 0 Å². The summed E-state index contributed by atoms with van der Waals surface area (Å²) in [5, 5.41) is 8.86. The van der Waals surface area contributed by atoms with Crippen LogP contribution in [0.3, 0.4) is 0 Å². The van der Waals surface area contributed by atoms with Gasteiger partial charge >= 0.3 is 6.03 Å². The second kappa shape index (κ2) is 9.48. The zero-order chi connectivity index (χ0) is 19.9. The number of carbonyl (C=O) groups excluding carboxylic acids is 1. The van der Waals surface area contributed by atoms with E-state index in [4.69, 9.17) is 9.47 Å². The first kappa shape index (κ1) is 20.0. The number of carbonyl (C=O) groups is 1. The molecule has 0 bridgehead atoms. The van der Waals surface area contributed by atoms with Crippen LogP contribution in [0.1, 0.15) is 23.2 Å². The van der Waals surface area contributed by atoms with Crippen molar-refractivity contribution in [3.05, 3.63) is 41.3 Å². The number of benzene rings is 1. The van der Waals surface area contributed by atoms with E-state index in [0.717, 1.165) is 42.9 Å². The van der Waals surface area contributed by atoms with Crippen molar-refractivity contribution in [3.8, 4) is 5.75 Å². The largest absolute Gasteiger partial charge is 0.489 e. The molecule has 0 spiro atoms. The summed E-state index contributed by atoms with van der Waals surface area (Å²) in [4.78, 5) is 20.6. The third-order valence-corrected chi connectivity index (χ3v) is 4.51. The minimum Gasteiger partial charge on any atom is -0.489 e. The first-order chi connectivity index (χ1) is 13.5. The molecule has 0 unspecified atom stereocenters. The molecule has 8 nitrogen and oxygen atoms in total. The van der Waals surface area contributed by atoms with Crippen molar-refractivity contribution in [2.24, 2.45) is 0 Å². The Bertz CT molecular complexity index is 802. The Morgan fingerprint density at radius 3 is 2.82 bits per heavy atom. The summed E-state index contributed by atoms with van der Waals surface area (Å²) in [6.07, 6.45) is 4.09. The lowest BCUT2D eigenvalue weighted by atomic mass is 10.1. The van der Waals surface area contributed by atoms with Crippen LogP contribution in [0.25, 0.3) is 0 Å². The molecule has 0 radical (unpaired) electrons. The van der Waals surface area contributed by atoms with Gasteiger partial charge in [-0.25, -0.2) is 9.78 Å². The number of urea groups is 1. The SMILES string of the molecule is Cc1cnc(NC(=O)Nc2cc(C)c(C)cc2OC[C@@H]2CNCCCO2)cn1. The molecule has 2 heterocycles. The quantitative estimate of drug-likeness (QED) is 0.732. The average molecular weight is 385 g/mol. The fourth-order valence-corrected chi connectivity index (χ4v) is 2.79. The van der Waals surface area contributed by atoms with Crippen LogP contribution in [0, 0.1) is 20.8 Å². The predicted octanol–water partition coefficient (Wildman–Crippen LogP) is 2.80. The van der Waals surface area contributed by atoms with Crippen molar-refractivity contribution in [2.75, 3.05) is 36.9 Å². The summed E-state index contributed by atoms with van der Waals surface area (Å²) in [7, 11) is 0. The van der Waals surface area contributed by atoms with Crippen LogP contribution >= 0.6 is 0 Å². The number of amides is 2. The summed E-state index contributed by atoms with van der Waals surface area (Å²) >= 11 is 0. The molecule has 28 heavy (non-hydrogen) atoms. The molecule has 150 valence electrons. The Kier molecular flexibility index (Phi) is 6.78. The molecule has 3 N–H and O–H groups in total. The molecule has 1 aromatic carbocycles. The number of aryl methyl sites for hydroxylation is 3. The van der Waals surface area contributed by atoms with Gasteiger partial charge in [0, 0.05) is 13.2 Å². The molecule has 1 fully saturated rings. The summed E-state index contributed by atoms with van der Waals surface area (Å²) in [6.45, 7) is 8.68. The van der Waals surface area contributed by atoms with E-state index in [9.17, 15) is 4.79 Å². The fourth-order valence-electron chi connectivity index (χ4n) is 2.79. The molecule has 1 aliphatic rings. The van der Waals surface area contributed by atoms with Gasteiger partial charge in [-0.2, -0.15) is 0 Å². The lowest BCUT2D eigenvalue weighted by Gasteiger charge is -2.19. The summed E-state index contributed by atoms with van der Waals surface area (Å²) in [5.41, 5.74) is 3.53. The van der Waals surface area contributed by atoms with Crippen molar-refractivity contribution >= 4 is 17.5 Å². The van der Waals surface area contributed by atoms with Gasteiger partial charge in [-0.1, -0.05) is 0 Å². The first-order valence-electron chi connectivity index (χ1n) is 9.44. The van der Waals surface area contributed by atoms with Gasteiger partial charge in [0.1, 0.15) is 18.5 Å². The number of rotatable bonds is 5. The molecular weight excluding hydrogens is 358 g/mol. The molecule has 1 aliphatic heterocycles. The summed E-state index contributed by atoms with van der Waals surface area (Å²) in [6, 6.07) is 3.43. The Hall–Kier alpha value is -2.71. The highest BCUT2D eigenvalue weighted by atomic mass is 16.5.